The molecule has 0 aliphatic carbocycles. The molecule has 23 heteroatoms. The van der Waals surface area contributed by atoms with Crippen LogP contribution >= 0.6 is 0 Å². The third-order valence-electron chi connectivity index (χ3n) is 15.1. The highest BCUT2D eigenvalue weighted by Crippen LogP contribution is 2.37. The number of rotatable bonds is 42. The molecule has 93 heavy (non-hydrogen) atoms. The Morgan fingerprint density at radius 2 is 0.763 bits per heavy atom. The Morgan fingerprint density at radius 1 is 0.419 bits per heavy atom. The van der Waals surface area contributed by atoms with Gasteiger partial charge < -0.3 is 74.5 Å². The zero-order chi connectivity index (χ0) is 69.4. The van der Waals surface area contributed by atoms with E-state index in [4.69, 9.17) is 37.9 Å². The molecule has 0 heterocycles. The number of carboxylic acids is 3. The van der Waals surface area contributed by atoms with Crippen molar-refractivity contribution in [2.75, 3.05) is 72.4 Å². The van der Waals surface area contributed by atoms with E-state index < -0.39 is 94.5 Å². The number of amides is 4. The molecule has 0 aliphatic heterocycles. The van der Waals surface area contributed by atoms with Gasteiger partial charge >= 0.3 is 23.9 Å². The average Bonchev–Trinajstić information content (AvgIpc) is 1.03. The topological polar surface area (TPSA) is 319 Å². The first-order chi connectivity index (χ1) is 43.3. The van der Waals surface area contributed by atoms with Gasteiger partial charge in [-0.3, -0.25) is 33.6 Å². The van der Waals surface area contributed by atoms with Crippen LogP contribution < -0.4 is 40.2 Å². The normalized spacial score (nSPS) is 12.1. The lowest BCUT2D eigenvalue weighted by molar-refractivity contribution is -0.155. The number of benzene rings is 4. The van der Waals surface area contributed by atoms with Crippen molar-refractivity contribution in [3.8, 4) is 45.3 Å². The Balaban J connectivity index is 1.74. The molecule has 4 aromatic carbocycles. The van der Waals surface area contributed by atoms with E-state index in [9.17, 15) is 53.7 Å². The highest BCUT2D eigenvalue weighted by molar-refractivity contribution is 5.94. The van der Waals surface area contributed by atoms with Gasteiger partial charge in [-0.25, -0.2) is 4.79 Å². The lowest BCUT2D eigenvalue weighted by atomic mass is 9.90. The van der Waals surface area contributed by atoms with Gasteiger partial charge in [-0.05, 0) is 191 Å². The zero-order valence-electron chi connectivity index (χ0n) is 56.6. The second-order valence-electron chi connectivity index (χ2n) is 27.3. The first-order valence-corrected chi connectivity index (χ1v) is 31.2. The predicted molar refractivity (Wildman–Crippen MR) is 349 cm³/mol. The van der Waals surface area contributed by atoms with Gasteiger partial charge in [-0.1, -0.05) is 44.2 Å². The Kier molecular flexibility index (Phi) is 29.1. The van der Waals surface area contributed by atoms with Crippen molar-refractivity contribution in [3.05, 3.63) is 96.1 Å². The van der Waals surface area contributed by atoms with E-state index in [1.807, 2.05) is 58.0 Å². The molecule has 4 rings (SSSR count). The number of esters is 1. The van der Waals surface area contributed by atoms with Crippen LogP contribution in [0.2, 0.25) is 0 Å². The van der Waals surface area contributed by atoms with Crippen molar-refractivity contribution >= 4 is 47.5 Å². The van der Waals surface area contributed by atoms with E-state index in [-0.39, 0.29) is 93.6 Å². The quantitative estimate of drug-likeness (QED) is 0.0203. The lowest BCUT2D eigenvalue weighted by Gasteiger charge is -2.29. The van der Waals surface area contributed by atoms with Crippen LogP contribution in [0, 0.1) is 22.2 Å². The molecular formula is C70H98N4O19. The van der Waals surface area contributed by atoms with Gasteiger partial charge in [0.1, 0.15) is 29.6 Å². The third-order valence-corrected chi connectivity index (χ3v) is 15.1. The number of ether oxygens (including phenoxy) is 8. The minimum atomic E-state index is -1.13. The van der Waals surface area contributed by atoms with E-state index in [0.29, 0.717) is 54.0 Å². The molecule has 4 aromatic rings. The number of carbonyl (C=O) groups excluding carboxylic acids is 5. The first kappa shape index (κ1) is 77.2. The van der Waals surface area contributed by atoms with Crippen LogP contribution in [0.5, 0.6) is 23.0 Å². The highest BCUT2D eigenvalue weighted by atomic mass is 16.5. The monoisotopic (exact) mass is 1300 g/mol. The SMILES string of the molecule is CC(C)CCNC(=O)COc1cc(OCC(=O)NCCC(C)(C)OCC(C)(C)C(=O)O)cc(-c2cc(C(=O)OCc3ccccc3)cc(-c3cc(OCC(=O)NCCC(C)(C)OCCC(C)(C)C(=O)O)cc(OCC(=O)NCCC(C)(C)OCC(C)(C)C(=O)O)c3)c2)c1. The van der Waals surface area contributed by atoms with E-state index in [2.05, 4.69) is 21.3 Å². The van der Waals surface area contributed by atoms with Crippen molar-refractivity contribution in [2.45, 2.75) is 152 Å². The summed E-state index contributed by atoms with van der Waals surface area (Å²) in [7, 11) is 0. The summed E-state index contributed by atoms with van der Waals surface area (Å²) in [6.07, 6.45) is 2.11. The molecule has 0 aliphatic rings. The summed E-state index contributed by atoms with van der Waals surface area (Å²) in [5, 5.41) is 40.0. The summed E-state index contributed by atoms with van der Waals surface area (Å²) in [6, 6.07) is 23.6. The van der Waals surface area contributed by atoms with E-state index in [1.165, 1.54) is 12.1 Å². The molecule has 0 radical (unpaired) electrons. The van der Waals surface area contributed by atoms with E-state index in [0.717, 1.165) is 12.0 Å². The molecule has 0 saturated carbocycles. The lowest BCUT2D eigenvalue weighted by Crippen LogP contribution is -2.38. The third kappa shape index (κ3) is 28.6. The fourth-order valence-corrected chi connectivity index (χ4v) is 8.29. The summed E-state index contributed by atoms with van der Waals surface area (Å²) >= 11 is 0. The smallest absolute Gasteiger partial charge is 0.338 e. The fourth-order valence-electron chi connectivity index (χ4n) is 8.29. The average molecular weight is 1300 g/mol. The second-order valence-corrected chi connectivity index (χ2v) is 27.3. The van der Waals surface area contributed by atoms with E-state index >= 15 is 0 Å². The first-order valence-electron chi connectivity index (χ1n) is 31.2. The van der Waals surface area contributed by atoms with Crippen molar-refractivity contribution < 1.29 is 91.6 Å². The fraction of sp³-hybridized carbons (Fsp3) is 0.543. The van der Waals surface area contributed by atoms with Crippen LogP contribution in [0.25, 0.3) is 22.3 Å². The maximum Gasteiger partial charge on any atom is 0.338 e. The summed E-state index contributed by atoms with van der Waals surface area (Å²) in [5.74, 6) is -4.52. The van der Waals surface area contributed by atoms with Crippen LogP contribution in [-0.4, -0.2) is 152 Å². The molecule has 0 aromatic heterocycles. The van der Waals surface area contributed by atoms with Crippen LogP contribution in [0.1, 0.15) is 145 Å². The standard InChI is InChI=1S/C70H98N4O19/c1-46(2)20-25-71-57(75)40-86-53-33-50(34-54(37-53)88-42-59(77)73-27-22-69(11,12)92-44-66(5,6)63(82)83)48-30-49(32-52(31-48)61(79)90-39-47-18-16-15-17-19-47)51-35-55(87-41-58(76)72-26-21-68(9,10)91-29-24-65(3,4)62(80)81)38-56(36-51)89-43-60(78)74-28-23-70(13,14)93-45-67(7,8)64(84)85/h15-19,30-38,46H,20-29,39-45H2,1-14H3,(H,71,75)(H,72,76)(H,73,77)(H,74,78)(H,80,81)(H,82,83)(H,84,85). The largest absolute Gasteiger partial charge is 0.484 e. The molecule has 0 bridgehead atoms. The number of hydrogen-bond donors (Lipinski definition) is 7. The van der Waals surface area contributed by atoms with Gasteiger partial charge in [-0.15, -0.1) is 0 Å². The number of hydrogen-bond acceptors (Lipinski definition) is 16. The highest BCUT2D eigenvalue weighted by Gasteiger charge is 2.33. The van der Waals surface area contributed by atoms with E-state index in [1.54, 1.807) is 112 Å². The Hall–Kier alpha value is -8.28. The van der Waals surface area contributed by atoms with Crippen LogP contribution in [0.4, 0.5) is 0 Å². The number of carboxylic acid groups (broad SMARTS) is 3. The van der Waals surface area contributed by atoms with Gasteiger partial charge in [-0.2, -0.15) is 0 Å². The number of nitrogens with one attached hydrogen (secondary N) is 4. The molecule has 0 unspecified atom stereocenters. The van der Waals surface area contributed by atoms with Gasteiger partial charge in [0.15, 0.2) is 26.4 Å². The molecule has 0 atom stereocenters. The molecule has 512 valence electrons. The van der Waals surface area contributed by atoms with Crippen molar-refractivity contribution in [2.24, 2.45) is 22.2 Å². The van der Waals surface area contributed by atoms with Crippen LogP contribution in [0.3, 0.4) is 0 Å². The van der Waals surface area contributed by atoms with Crippen LogP contribution in [-0.2, 0) is 59.1 Å². The van der Waals surface area contributed by atoms with Crippen molar-refractivity contribution in [1.82, 2.24) is 21.3 Å². The van der Waals surface area contributed by atoms with Gasteiger partial charge in [0, 0.05) is 44.9 Å². The van der Waals surface area contributed by atoms with Crippen LogP contribution in [0.15, 0.2) is 84.9 Å². The Morgan fingerprint density at radius 3 is 1.12 bits per heavy atom. The molecule has 23 nitrogen and oxygen atoms in total. The summed E-state index contributed by atoms with van der Waals surface area (Å²) in [4.78, 5) is 102. The Bertz CT molecular complexity index is 3170. The van der Waals surface area contributed by atoms with Gasteiger partial charge in [0.2, 0.25) is 0 Å². The Labute approximate surface area is 546 Å². The minimum Gasteiger partial charge on any atom is -0.484 e. The molecular weight excluding hydrogens is 1200 g/mol. The molecule has 0 saturated heterocycles. The zero-order valence-corrected chi connectivity index (χ0v) is 56.6. The maximum atomic E-state index is 14.3. The van der Waals surface area contributed by atoms with Gasteiger partial charge in [0.05, 0.1) is 51.8 Å². The summed E-state index contributed by atoms with van der Waals surface area (Å²) in [6.45, 7) is 23.7. The number of carbonyl (C=O) groups is 8. The number of aliphatic carboxylic acids is 3. The molecule has 0 spiro atoms. The molecule has 7 N–H and O–H groups in total. The second kappa shape index (κ2) is 35.1. The minimum absolute atomic E-state index is 0.0431. The van der Waals surface area contributed by atoms with Crippen molar-refractivity contribution in [1.29, 1.82) is 0 Å². The molecule has 4 amide bonds. The maximum absolute atomic E-state index is 14.3. The predicted octanol–water partition coefficient (Wildman–Crippen LogP) is 9.68. The van der Waals surface area contributed by atoms with Gasteiger partial charge in [0.25, 0.3) is 23.6 Å². The van der Waals surface area contributed by atoms with Crippen molar-refractivity contribution in [3.63, 3.8) is 0 Å². The molecule has 0 fully saturated rings. The summed E-state index contributed by atoms with van der Waals surface area (Å²) in [5.41, 5.74) is -3.04. The summed E-state index contributed by atoms with van der Waals surface area (Å²) < 4.78 is 48.1.